The number of pyridine rings is 1. The average molecular weight is 363 g/mol. The van der Waals surface area contributed by atoms with Gasteiger partial charge in [-0.2, -0.15) is 4.98 Å². The molecule has 0 saturated heterocycles. The van der Waals surface area contributed by atoms with E-state index in [0.717, 1.165) is 6.07 Å². The highest BCUT2D eigenvalue weighted by atomic mass is 19.1. The number of ether oxygens (including phenoxy) is 1. The van der Waals surface area contributed by atoms with Crippen LogP contribution >= 0.6 is 0 Å². The van der Waals surface area contributed by atoms with Crippen molar-refractivity contribution in [2.75, 3.05) is 12.4 Å². The molecule has 2 aromatic carbocycles. The molecule has 0 aliphatic rings. The summed E-state index contributed by atoms with van der Waals surface area (Å²) < 4.78 is 24.4. The number of nitrogens with one attached hydrogen (secondary N) is 1. The fourth-order valence-corrected chi connectivity index (χ4v) is 2.66. The third-order valence-corrected chi connectivity index (χ3v) is 3.95. The van der Waals surface area contributed by atoms with Gasteiger partial charge in [0.25, 0.3) is 5.91 Å². The van der Waals surface area contributed by atoms with E-state index in [1.54, 1.807) is 36.5 Å². The van der Waals surface area contributed by atoms with Gasteiger partial charge >= 0.3 is 0 Å². The lowest BCUT2D eigenvalue weighted by atomic mass is 10.1. The van der Waals surface area contributed by atoms with Gasteiger partial charge in [-0.15, -0.1) is 0 Å². The Balaban J connectivity index is 1.69. The van der Waals surface area contributed by atoms with Crippen molar-refractivity contribution >= 4 is 22.8 Å². The van der Waals surface area contributed by atoms with Gasteiger partial charge in [0.1, 0.15) is 11.6 Å². The van der Waals surface area contributed by atoms with E-state index < -0.39 is 11.7 Å². The van der Waals surface area contributed by atoms with Gasteiger partial charge in [0.15, 0.2) is 11.2 Å². The monoisotopic (exact) mass is 363 g/mol. The van der Waals surface area contributed by atoms with Crippen molar-refractivity contribution in [3.05, 3.63) is 72.2 Å². The first-order chi connectivity index (χ1) is 13.1. The van der Waals surface area contributed by atoms with Gasteiger partial charge in [-0.1, -0.05) is 6.07 Å². The van der Waals surface area contributed by atoms with Gasteiger partial charge in [0.05, 0.1) is 12.8 Å². The summed E-state index contributed by atoms with van der Waals surface area (Å²) in [7, 11) is 1.50. The quantitative estimate of drug-likeness (QED) is 0.585. The molecule has 0 aliphatic heterocycles. The number of anilines is 1. The minimum atomic E-state index is -0.484. The Hall–Kier alpha value is -3.74. The maximum Gasteiger partial charge on any atom is 0.255 e. The fourth-order valence-electron chi connectivity index (χ4n) is 2.66. The molecule has 134 valence electrons. The summed E-state index contributed by atoms with van der Waals surface area (Å²) >= 11 is 0. The highest BCUT2D eigenvalue weighted by Gasteiger charge is 2.15. The third-order valence-electron chi connectivity index (χ3n) is 3.95. The van der Waals surface area contributed by atoms with Crippen molar-refractivity contribution in [1.82, 2.24) is 9.97 Å². The minimum absolute atomic E-state index is 0.202. The fraction of sp³-hybridized carbons (Fsp3) is 0.0500. The SMILES string of the molecule is COc1ccc(-c2nc3ncccc3o2)cc1NC(=O)c1cccc(F)c1. The van der Waals surface area contributed by atoms with E-state index in [4.69, 9.17) is 9.15 Å². The number of nitrogens with zero attached hydrogens (tertiary/aromatic N) is 2. The summed E-state index contributed by atoms with van der Waals surface area (Å²) in [6, 6.07) is 14.1. The summed E-state index contributed by atoms with van der Waals surface area (Å²) in [5.41, 5.74) is 2.32. The van der Waals surface area contributed by atoms with Crippen LogP contribution in [0.5, 0.6) is 5.75 Å². The van der Waals surface area contributed by atoms with E-state index >= 15 is 0 Å². The van der Waals surface area contributed by atoms with Gasteiger partial charge in [0.2, 0.25) is 5.89 Å². The van der Waals surface area contributed by atoms with Gasteiger partial charge in [-0.25, -0.2) is 9.37 Å². The van der Waals surface area contributed by atoms with E-state index in [9.17, 15) is 9.18 Å². The number of fused-ring (bicyclic) bond motifs is 1. The second-order valence-electron chi connectivity index (χ2n) is 5.72. The molecule has 0 atom stereocenters. The molecule has 27 heavy (non-hydrogen) atoms. The van der Waals surface area contributed by atoms with Crippen LogP contribution in [0.3, 0.4) is 0 Å². The Morgan fingerprint density at radius 1 is 1.15 bits per heavy atom. The van der Waals surface area contributed by atoms with Crippen LogP contribution in [0.1, 0.15) is 10.4 Å². The molecule has 0 aliphatic carbocycles. The second-order valence-corrected chi connectivity index (χ2v) is 5.72. The zero-order valence-corrected chi connectivity index (χ0v) is 14.3. The number of oxazole rings is 1. The van der Waals surface area contributed by atoms with Crippen molar-refractivity contribution in [3.8, 4) is 17.2 Å². The summed E-state index contributed by atoms with van der Waals surface area (Å²) in [6.45, 7) is 0. The number of hydrogen-bond donors (Lipinski definition) is 1. The summed E-state index contributed by atoms with van der Waals surface area (Å²) in [5.74, 6) is -0.114. The van der Waals surface area contributed by atoms with Crippen LogP contribution in [0.2, 0.25) is 0 Å². The molecule has 0 fully saturated rings. The molecule has 1 N–H and O–H groups in total. The molecular weight excluding hydrogens is 349 g/mol. The molecular formula is C20H14FN3O3. The predicted octanol–water partition coefficient (Wildman–Crippen LogP) is 4.29. The molecule has 0 radical (unpaired) electrons. The number of aromatic nitrogens is 2. The second kappa shape index (κ2) is 6.87. The lowest BCUT2D eigenvalue weighted by molar-refractivity contribution is 0.102. The van der Waals surface area contributed by atoms with Crippen LogP contribution in [0.25, 0.3) is 22.7 Å². The van der Waals surface area contributed by atoms with Crippen LogP contribution in [0.15, 0.2) is 65.2 Å². The van der Waals surface area contributed by atoms with E-state index in [1.807, 2.05) is 0 Å². The topological polar surface area (TPSA) is 77.2 Å². The van der Waals surface area contributed by atoms with Crippen molar-refractivity contribution in [1.29, 1.82) is 0 Å². The highest BCUT2D eigenvalue weighted by molar-refractivity contribution is 6.05. The first-order valence-corrected chi connectivity index (χ1v) is 8.11. The molecule has 2 aromatic heterocycles. The molecule has 4 aromatic rings. The number of benzene rings is 2. The molecule has 0 saturated carbocycles. The Morgan fingerprint density at radius 3 is 2.81 bits per heavy atom. The van der Waals surface area contributed by atoms with Crippen molar-refractivity contribution in [3.63, 3.8) is 0 Å². The lowest BCUT2D eigenvalue weighted by Crippen LogP contribution is -2.13. The number of hydrogen-bond acceptors (Lipinski definition) is 5. The molecule has 0 spiro atoms. The largest absolute Gasteiger partial charge is 0.495 e. The normalized spacial score (nSPS) is 10.7. The van der Waals surface area contributed by atoms with E-state index in [-0.39, 0.29) is 5.56 Å². The zero-order valence-electron chi connectivity index (χ0n) is 14.3. The van der Waals surface area contributed by atoms with Crippen molar-refractivity contribution < 1.29 is 18.3 Å². The average Bonchev–Trinajstić information content (AvgIpc) is 3.12. The molecule has 4 rings (SSSR count). The Kier molecular flexibility index (Phi) is 4.25. The number of carbonyl (C=O) groups is 1. The van der Waals surface area contributed by atoms with E-state index in [2.05, 4.69) is 15.3 Å². The third kappa shape index (κ3) is 3.35. The molecule has 0 unspecified atom stereocenters. The Labute approximate surface area is 153 Å². The van der Waals surface area contributed by atoms with Crippen LogP contribution in [-0.2, 0) is 0 Å². The summed E-state index contributed by atoms with van der Waals surface area (Å²) in [6.07, 6.45) is 1.63. The molecule has 1 amide bonds. The standard InChI is InChI=1S/C20H14FN3O3/c1-26-16-8-7-13(20-24-18-17(27-20)6-3-9-22-18)11-15(16)23-19(25)12-4-2-5-14(21)10-12/h2-11H,1H3,(H,23,25). The Bertz CT molecular complexity index is 1110. The predicted molar refractivity (Wildman–Crippen MR) is 98.1 cm³/mol. The van der Waals surface area contributed by atoms with Gasteiger partial charge in [-0.05, 0) is 48.5 Å². The van der Waals surface area contributed by atoms with Crippen molar-refractivity contribution in [2.24, 2.45) is 0 Å². The van der Waals surface area contributed by atoms with Gasteiger partial charge in [-0.3, -0.25) is 4.79 Å². The summed E-state index contributed by atoms with van der Waals surface area (Å²) in [5, 5.41) is 2.73. The molecule has 0 bridgehead atoms. The van der Waals surface area contributed by atoms with Crippen LogP contribution in [0.4, 0.5) is 10.1 Å². The first-order valence-electron chi connectivity index (χ1n) is 8.11. The molecule has 7 heteroatoms. The molecule has 6 nitrogen and oxygen atoms in total. The van der Waals surface area contributed by atoms with Crippen LogP contribution < -0.4 is 10.1 Å². The van der Waals surface area contributed by atoms with Crippen molar-refractivity contribution in [2.45, 2.75) is 0 Å². The van der Waals surface area contributed by atoms with Gasteiger partial charge < -0.3 is 14.5 Å². The van der Waals surface area contributed by atoms with Crippen LogP contribution in [-0.4, -0.2) is 23.0 Å². The Morgan fingerprint density at radius 2 is 2.04 bits per heavy atom. The van der Waals surface area contributed by atoms with E-state index in [1.165, 1.54) is 25.3 Å². The number of methoxy groups -OCH3 is 1. The number of halogens is 1. The number of rotatable bonds is 4. The molecule has 2 heterocycles. The lowest BCUT2D eigenvalue weighted by Gasteiger charge is -2.11. The maximum atomic E-state index is 13.4. The number of carbonyl (C=O) groups excluding carboxylic acids is 1. The zero-order chi connectivity index (χ0) is 18.8. The minimum Gasteiger partial charge on any atom is -0.495 e. The van der Waals surface area contributed by atoms with Crippen LogP contribution in [0, 0.1) is 5.82 Å². The highest BCUT2D eigenvalue weighted by Crippen LogP contribution is 2.31. The van der Waals surface area contributed by atoms with E-state index in [0.29, 0.717) is 34.1 Å². The number of amides is 1. The summed E-state index contributed by atoms with van der Waals surface area (Å²) in [4.78, 5) is 20.9. The van der Waals surface area contributed by atoms with Gasteiger partial charge in [0, 0.05) is 17.3 Å². The smallest absolute Gasteiger partial charge is 0.255 e. The first kappa shape index (κ1) is 16.7. The maximum absolute atomic E-state index is 13.4.